The summed E-state index contributed by atoms with van der Waals surface area (Å²) >= 11 is 4.89. The number of hydrogen-bond donors (Lipinski definition) is 3. The molecule has 2 heterocycles. The van der Waals surface area contributed by atoms with Gasteiger partial charge in [-0.25, -0.2) is 9.48 Å². The number of thiophene rings is 1. The van der Waals surface area contributed by atoms with E-state index in [9.17, 15) is 9.59 Å². The van der Waals surface area contributed by atoms with Gasteiger partial charge < -0.3 is 15.7 Å². The molecule has 112 valence electrons. The Hall–Kier alpha value is -1.94. The monoisotopic (exact) mass is 373 g/mol. The van der Waals surface area contributed by atoms with Gasteiger partial charge in [-0.15, -0.1) is 16.4 Å². The van der Waals surface area contributed by atoms with E-state index in [2.05, 4.69) is 36.9 Å². The lowest BCUT2D eigenvalue weighted by atomic mass is 10.4. The number of hydrogen-bond acceptors (Lipinski definition) is 5. The molecule has 0 radical (unpaired) electrons. The zero-order valence-electron chi connectivity index (χ0n) is 10.7. The molecule has 2 aromatic rings. The fourth-order valence-electron chi connectivity index (χ4n) is 1.48. The molecule has 3 N–H and O–H groups in total. The standard InChI is InChI=1S/C11H12BrN5O3S/c12-7-1-9(21-6-7)3-14-11(20)13-2-8-4-17(16-15-8)5-10(18)19/h1,4,6H,2-3,5H2,(H,18,19)(H2,13,14,20). The van der Waals surface area contributed by atoms with E-state index in [1.54, 1.807) is 11.3 Å². The first-order valence-electron chi connectivity index (χ1n) is 5.88. The van der Waals surface area contributed by atoms with Gasteiger partial charge >= 0.3 is 12.0 Å². The maximum absolute atomic E-state index is 11.6. The van der Waals surface area contributed by atoms with Crippen molar-refractivity contribution in [3.05, 3.63) is 32.7 Å². The molecule has 2 amide bonds. The Morgan fingerprint density at radius 3 is 2.81 bits per heavy atom. The van der Waals surface area contributed by atoms with Gasteiger partial charge in [0.25, 0.3) is 0 Å². The van der Waals surface area contributed by atoms with Crippen LogP contribution in [0.3, 0.4) is 0 Å². The SMILES string of the molecule is O=C(O)Cn1cc(CNC(=O)NCc2cc(Br)cs2)nn1. The fraction of sp³-hybridized carbons (Fsp3) is 0.273. The van der Waals surface area contributed by atoms with Crippen molar-refractivity contribution in [2.45, 2.75) is 19.6 Å². The Morgan fingerprint density at radius 1 is 1.38 bits per heavy atom. The summed E-state index contributed by atoms with van der Waals surface area (Å²) < 4.78 is 2.18. The lowest BCUT2D eigenvalue weighted by molar-refractivity contribution is -0.137. The van der Waals surface area contributed by atoms with Crippen molar-refractivity contribution in [2.24, 2.45) is 0 Å². The maximum Gasteiger partial charge on any atom is 0.325 e. The van der Waals surface area contributed by atoms with E-state index >= 15 is 0 Å². The molecule has 0 fully saturated rings. The molecule has 0 aromatic carbocycles. The Kier molecular flexibility index (Phi) is 5.28. The molecule has 0 bridgehead atoms. The van der Waals surface area contributed by atoms with Crippen molar-refractivity contribution in [1.29, 1.82) is 0 Å². The molecule has 8 nitrogen and oxygen atoms in total. The largest absolute Gasteiger partial charge is 0.480 e. The van der Waals surface area contributed by atoms with Crippen molar-refractivity contribution in [1.82, 2.24) is 25.6 Å². The van der Waals surface area contributed by atoms with Gasteiger partial charge in [-0.3, -0.25) is 4.79 Å². The van der Waals surface area contributed by atoms with Gasteiger partial charge in [-0.05, 0) is 22.0 Å². The fourth-order valence-corrected chi connectivity index (χ4v) is 2.87. The first-order chi connectivity index (χ1) is 10.0. The number of carboxylic acids is 1. The zero-order valence-corrected chi connectivity index (χ0v) is 13.1. The van der Waals surface area contributed by atoms with E-state index < -0.39 is 5.97 Å². The minimum Gasteiger partial charge on any atom is -0.480 e. The summed E-state index contributed by atoms with van der Waals surface area (Å²) in [7, 11) is 0. The maximum atomic E-state index is 11.6. The molecular weight excluding hydrogens is 362 g/mol. The molecule has 0 unspecified atom stereocenters. The summed E-state index contributed by atoms with van der Waals surface area (Å²) in [6.45, 7) is 0.361. The predicted octanol–water partition coefficient (Wildman–Crippen LogP) is 1.19. The number of amides is 2. The highest BCUT2D eigenvalue weighted by Gasteiger charge is 2.06. The van der Waals surface area contributed by atoms with Crippen molar-refractivity contribution < 1.29 is 14.7 Å². The van der Waals surface area contributed by atoms with Crippen LogP contribution in [0.1, 0.15) is 10.6 Å². The molecule has 0 saturated carbocycles. The topological polar surface area (TPSA) is 109 Å². The second-order valence-electron chi connectivity index (χ2n) is 4.07. The van der Waals surface area contributed by atoms with Gasteiger partial charge in [0.1, 0.15) is 12.2 Å². The third-order valence-corrected chi connectivity index (χ3v) is 4.06. The number of aromatic nitrogens is 3. The second kappa shape index (κ2) is 7.18. The zero-order chi connectivity index (χ0) is 15.2. The summed E-state index contributed by atoms with van der Waals surface area (Å²) in [5.74, 6) is -1.00. The van der Waals surface area contributed by atoms with Gasteiger partial charge in [0.05, 0.1) is 19.3 Å². The van der Waals surface area contributed by atoms with E-state index in [0.29, 0.717) is 12.2 Å². The average Bonchev–Trinajstić information content (AvgIpc) is 3.02. The van der Waals surface area contributed by atoms with E-state index in [0.717, 1.165) is 9.35 Å². The lowest BCUT2D eigenvalue weighted by Crippen LogP contribution is -2.34. The highest BCUT2D eigenvalue weighted by Crippen LogP contribution is 2.19. The molecular formula is C11H12BrN5O3S. The van der Waals surface area contributed by atoms with Crippen LogP contribution < -0.4 is 10.6 Å². The summed E-state index contributed by atoms with van der Waals surface area (Å²) in [5, 5.41) is 23.3. The van der Waals surface area contributed by atoms with Crippen molar-refractivity contribution in [3.63, 3.8) is 0 Å². The van der Waals surface area contributed by atoms with Gasteiger partial charge in [0.15, 0.2) is 0 Å². The third-order valence-electron chi connectivity index (χ3n) is 2.36. The summed E-state index contributed by atoms with van der Waals surface area (Å²) in [4.78, 5) is 23.1. The lowest BCUT2D eigenvalue weighted by Gasteiger charge is -2.04. The molecule has 2 aromatic heterocycles. The Balaban J connectivity index is 1.73. The number of aliphatic carboxylic acids is 1. The molecule has 0 spiro atoms. The highest BCUT2D eigenvalue weighted by molar-refractivity contribution is 9.10. The van der Waals surface area contributed by atoms with Crippen LogP contribution in [0.15, 0.2) is 22.1 Å². The number of carbonyl (C=O) groups is 2. The first-order valence-corrected chi connectivity index (χ1v) is 7.55. The van der Waals surface area contributed by atoms with Crippen LogP contribution in [0, 0.1) is 0 Å². The minimum absolute atomic E-state index is 0.180. The van der Waals surface area contributed by atoms with Crippen LogP contribution >= 0.6 is 27.3 Å². The number of carboxylic acid groups (broad SMARTS) is 1. The third kappa shape index (κ3) is 5.16. The van der Waals surface area contributed by atoms with Gasteiger partial charge in [0, 0.05) is 14.7 Å². The van der Waals surface area contributed by atoms with Gasteiger partial charge in [-0.1, -0.05) is 5.21 Å². The van der Waals surface area contributed by atoms with Crippen LogP contribution in [0.5, 0.6) is 0 Å². The Labute approximate surface area is 132 Å². The summed E-state index contributed by atoms with van der Waals surface area (Å²) in [6, 6.07) is 1.61. The second-order valence-corrected chi connectivity index (χ2v) is 5.98. The average molecular weight is 374 g/mol. The van der Waals surface area contributed by atoms with Crippen molar-refractivity contribution in [3.8, 4) is 0 Å². The van der Waals surface area contributed by atoms with E-state index in [-0.39, 0.29) is 19.1 Å². The molecule has 0 aliphatic carbocycles. The molecule has 21 heavy (non-hydrogen) atoms. The van der Waals surface area contributed by atoms with Crippen LogP contribution in [-0.4, -0.2) is 32.1 Å². The van der Waals surface area contributed by atoms with Crippen LogP contribution in [0.2, 0.25) is 0 Å². The molecule has 0 atom stereocenters. The number of rotatable bonds is 6. The number of nitrogens with zero attached hydrogens (tertiary/aromatic N) is 3. The van der Waals surface area contributed by atoms with Gasteiger partial charge in [0.2, 0.25) is 0 Å². The van der Waals surface area contributed by atoms with Crippen LogP contribution in [-0.2, 0) is 24.4 Å². The normalized spacial score (nSPS) is 10.3. The summed E-state index contributed by atoms with van der Waals surface area (Å²) in [6.07, 6.45) is 1.48. The smallest absolute Gasteiger partial charge is 0.325 e. The number of nitrogens with one attached hydrogen (secondary N) is 2. The number of carbonyl (C=O) groups excluding carboxylic acids is 1. The number of urea groups is 1. The van der Waals surface area contributed by atoms with Crippen LogP contribution in [0.25, 0.3) is 0 Å². The van der Waals surface area contributed by atoms with Crippen molar-refractivity contribution in [2.75, 3.05) is 0 Å². The van der Waals surface area contributed by atoms with E-state index in [4.69, 9.17) is 5.11 Å². The number of halogens is 1. The van der Waals surface area contributed by atoms with E-state index in [1.165, 1.54) is 10.9 Å². The Morgan fingerprint density at radius 2 is 2.14 bits per heavy atom. The van der Waals surface area contributed by atoms with Crippen molar-refractivity contribution >= 4 is 39.3 Å². The predicted molar refractivity (Wildman–Crippen MR) is 78.8 cm³/mol. The Bertz CT molecular complexity index is 641. The molecule has 0 saturated heterocycles. The summed E-state index contributed by atoms with van der Waals surface area (Å²) in [5.41, 5.74) is 0.491. The molecule has 2 rings (SSSR count). The minimum atomic E-state index is -1.00. The van der Waals surface area contributed by atoms with E-state index in [1.807, 2.05) is 11.4 Å². The molecule has 10 heteroatoms. The molecule has 0 aliphatic heterocycles. The van der Waals surface area contributed by atoms with Gasteiger partial charge in [-0.2, -0.15) is 0 Å². The van der Waals surface area contributed by atoms with Crippen LogP contribution in [0.4, 0.5) is 4.79 Å². The quantitative estimate of drug-likeness (QED) is 0.704. The molecule has 0 aliphatic rings. The first kappa shape index (κ1) is 15.4. The highest BCUT2D eigenvalue weighted by atomic mass is 79.9.